The van der Waals surface area contributed by atoms with Crippen LogP contribution in [0.15, 0.2) is 0 Å². The van der Waals surface area contributed by atoms with Crippen LogP contribution in [0.4, 0.5) is 0 Å². The summed E-state index contributed by atoms with van der Waals surface area (Å²) < 4.78 is 3.97. The lowest BCUT2D eigenvalue weighted by molar-refractivity contribution is -0.118. The molecule has 0 aliphatic heterocycles. The molecular formula is C14H22ClN5O. The van der Waals surface area contributed by atoms with Gasteiger partial charge in [-0.15, -0.1) is 11.6 Å². The molecule has 0 aromatic carbocycles. The minimum atomic E-state index is -0.259. The molecule has 1 amide bonds. The monoisotopic (exact) mass is 311 g/mol. The van der Waals surface area contributed by atoms with Crippen molar-refractivity contribution in [2.24, 2.45) is 12.8 Å². The zero-order valence-electron chi connectivity index (χ0n) is 12.8. The lowest BCUT2D eigenvalue weighted by Crippen LogP contribution is -2.11. The molecule has 1 unspecified atom stereocenters. The molecule has 0 aliphatic carbocycles. The van der Waals surface area contributed by atoms with E-state index in [1.165, 1.54) is 0 Å². The Labute approximate surface area is 129 Å². The van der Waals surface area contributed by atoms with E-state index in [2.05, 4.69) is 21.6 Å². The summed E-state index contributed by atoms with van der Waals surface area (Å²) in [5.41, 5.74) is 8.08. The van der Waals surface area contributed by atoms with E-state index in [0.717, 1.165) is 48.5 Å². The van der Waals surface area contributed by atoms with Gasteiger partial charge in [-0.25, -0.2) is 4.98 Å². The third kappa shape index (κ3) is 3.20. The molecule has 0 radical (unpaired) electrons. The van der Waals surface area contributed by atoms with Crippen LogP contribution in [0.2, 0.25) is 0 Å². The molecule has 0 saturated heterocycles. The maximum absolute atomic E-state index is 10.8. The van der Waals surface area contributed by atoms with Gasteiger partial charge >= 0.3 is 0 Å². The van der Waals surface area contributed by atoms with Gasteiger partial charge in [-0.1, -0.05) is 6.92 Å². The third-order valence-corrected chi connectivity index (χ3v) is 3.76. The second-order valence-electron chi connectivity index (χ2n) is 5.26. The van der Waals surface area contributed by atoms with Crippen LogP contribution in [0, 0.1) is 0 Å². The number of hydrogen-bond acceptors (Lipinski definition) is 3. The molecule has 0 fully saturated rings. The Morgan fingerprint density at radius 2 is 2.14 bits per heavy atom. The Kier molecular flexibility index (Phi) is 4.88. The zero-order valence-corrected chi connectivity index (χ0v) is 13.5. The molecule has 21 heavy (non-hydrogen) atoms. The number of carbonyl (C=O) groups excluding carboxylic acids is 1. The van der Waals surface area contributed by atoms with Gasteiger partial charge in [0.25, 0.3) is 0 Å². The van der Waals surface area contributed by atoms with Crippen LogP contribution in [0.3, 0.4) is 0 Å². The highest BCUT2D eigenvalue weighted by atomic mass is 35.5. The summed E-state index contributed by atoms with van der Waals surface area (Å²) in [5, 5.41) is 4.33. The Morgan fingerprint density at radius 3 is 2.71 bits per heavy atom. The number of carbonyl (C=O) groups is 1. The van der Waals surface area contributed by atoms with E-state index in [0.29, 0.717) is 6.42 Å². The number of aryl methyl sites for hydroxylation is 3. The number of primary amides is 1. The van der Waals surface area contributed by atoms with Crippen molar-refractivity contribution in [2.75, 3.05) is 0 Å². The summed E-state index contributed by atoms with van der Waals surface area (Å²) in [6, 6.07) is 0. The standard InChI is InChI=1S/C14H22ClN5O/c1-4-10-12-14(19(3)18-10)20(13(17-12)9(2)15)8-6-5-7-11(16)21/h9H,4-8H2,1-3H3,(H2,16,21). The molecule has 2 rings (SSSR count). The topological polar surface area (TPSA) is 78.7 Å². The fourth-order valence-electron chi connectivity index (χ4n) is 2.59. The summed E-state index contributed by atoms with van der Waals surface area (Å²) in [4.78, 5) is 15.5. The van der Waals surface area contributed by atoms with E-state index < -0.39 is 0 Å². The Hall–Kier alpha value is -1.56. The quantitative estimate of drug-likeness (QED) is 0.629. The molecule has 0 aliphatic rings. The number of unbranched alkanes of at least 4 members (excludes halogenated alkanes) is 1. The summed E-state index contributed by atoms with van der Waals surface area (Å²) in [7, 11) is 1.92. The first-order valence-corrected chi connectivity index (χ1v) is 7.73. The summed E-state index contributed by atoms with van der Waals surface area (Å²) in [6.07, 6.45) is 2.88. The normalized spacial score (nSPS) is 13.0. The number of rotatable bonds is 7. The van der Waals surface area contributed by atoms with Crippen molar-refractivity contribution in [3.63, 3.8) is 0 Å². The van der Waals surface area contributed by atoms with E-state index in [9.17, 15) is 4.79 Å². The molecule has 1 atom stereocenters. The van der Waals surface area contributed by atoms with Gasteiger partial charge in [0, 0.05) is 20.0 Å². The molecule has 7 heteroatoms. The van der Waals surface area contributed by atoms with Crippen LogP contribution < -0.4 is 5.73 Å². The zero-order chi connectivity index (χ0) is 15.6. The Bertz CT molecular complexity index is 643. The fraction of sp³-hybridized carbons (Fsp3) is 0.643. The number of imidazole rings is 1. The van der Waals surface area contributed by atoms with E-state index >= 15 is 0 Å². The molecule has 0 saturated carbocycles. The predicted molar refractivity (Wildman–Crippen MR) is 83.2 cm³/mol. The summed E-state index contributed by atoms with van der Waals surface area (Å²) in [6.45, 7) is 4.75. The number of fused-ring (bicyclic) bond motifs is 1. The number of nitrogens with two attached hydrogens (primary N) is 1. The van der Waals surface area contributed by atoms with Crippen molar-refractivity contribution in [1.29, 1.82) is 0 Å². The molecular weight excluding hydrogens is 290 g/mol. The second kappa shape index (κ2) is 6.47. The van der Waals surface area contributed by atoms with Crippen LogP contribution in [-0.2, 0) is 24.8 Å². The number of hydrogen-bond donors (Lipinski definition) is 1. The first kappa shape index (κ1) is 15.8. The first-order valence-electron chi connectivity index (χ1n) is 7.30. The predicted octanol–water partition coefficient (Wildman–Crippen LogP) is 2.29. The van der Waals surface area contributed by atoms with Crippen molar-refractivity contribution in [1.82, 2.24) is 19.3 Å². The maximum Gasteiger partial charge on any atom is 0.217 e. The molecule has 2 heterocycles. The molecule has 2 N–H and O–H groups in total. The van der Waals surface area contributed by atoms with E-state index in [1.54, 1.807) is 0 Å². The lowest BCUT2D eigenvalue weighted by Gasteiger charge is -2.10. The summed E-state index contributed by atoms with van der Waals surface area (Å²) >= 11 is 6.26. The maximum atomic E-state index is 10.8. The average Bonchev–Trinajstić information content (AvgIpc) is 2.93. The minimum Gasteiger partial charge on any atom is -0.370 e. The number of aromatic nitrogens is 4. The molecule has 2 aromatic heterocycles. The van der Waals surface area contributed by atoms with Crippen LogP contribution in [0.1, 0.15) is 50.0 Å². The SMILES string of the molecule is CCc1nn(C)c2c1nc(C(C)Cl)n2CCCCC(N)=O. The number of halogens is 1. The van der Waals surface area contributed by atoms with Crippen molar-refractivity contribution in [3.8, 4) is 0 Å². The second-order valence-corrected chi connectivity index (χ2v) is 5.91. The largest absolute Gasteiger partial charge is 0.370 e. The van der Waals surface area contributed by atoms with Crippen LogP contribution >= 0.6 is 11.6 Å². The van der Waals surface area contributed by atoms with Gasteiger partial charge in [0.15, 0.2) is 5.65 Å². The number of alkyl halides is 1. The summed E-state index contributed by atoms with van der Waals surface area (Å²) in [5.74, 6) is 0.596. The van der Waals surface area contributed by atoms with Crippen molar-refractivity contribution in [3.05, 3.63) is 11.5 Å². The highest BCUT2D eigenvalue weighted by Gasteiger charge is 2.20. The van der Waals surface area contributed by atoms with E-state index in [-0.39, 0.29) is 11.3 Å². The highest BCUT2D eigenvalue weighted by molar-refractivity contribution is 6.20. The Balaban J connectivity index is 2.32. The van der Waals surface area contributed by atoms with E-state index in [4.69, 9.17) is 17.3 Å². The Morgan fingerprint density at radius 1 is 1.43 bits per heavy atom. The molecule has 2 aromatic rings. The van der Waals surface area contributed by atoms with Crippen LogP contribution in [0.25, 0.3) is 11.2 Å². The number of nitrogens with zero attached hydrogens (tertiary/aromatic N) is 4. The van der Waals surface area contributed by atoms with Crippen molar-refractivity contribution < 1.29 is 4.79 Å². The minimum absolute atomic E-state index is 0.168. The van der Waals surface area contributed by atoms with E-state index in [1.807, 2.05) is 18.7 Å². The fourth-order valence-corrected chi connectivity index (χ4v) is 2.76. The van der Waals surface area contributed by atoms with Crippen LogP contribution in [0.5, 0.6) is 0 Å². The lowest BCUT2D eigenvalue weighted by atomic mass is 10.2. The van der Waals surface area contributed by atoms with Crippen molar-refractivity contribution >= 4 is 28.7 Å². The van der Waals surface area contributed by atoms with Gasteiger partial charge in [0.2, 0.25) is 5.91 Å². The highest BCUT2D eigenvalue weighted by Crippen LogP contribution is 2.27. The van der Waals surface area contributed by atoms with Gasteiger partial charge in [0.1, 0.15) is 11.3 Å². The van der Waals surface area contributed by atoms with Gasteiger partial charge in [-0.3, -0.25) is 9.48 Å². The molecule has 0 bridgehead atoms. The van der Waals surface area contributed by atoms with Crippen LogP contribution in [-0.4, -0.2) is 25.2 Å². The molecule has 116 valence electrons. The van der Waals surface area contributed by atoms with Gasteiger partial charge < -0.3 is 10.3 Å². The van der Waals surface area contributed by atoms with Gasteiger partial charge in [-0.05, 0) is 26.2 Å². The van der Waals surface area contributed by atoms with Crippen molar-refractivity contribution in [2.45, 2.75) is 51.5 Å². The smallest absolute Gasteiger partial charge is 0.217 e. The first-order chi connectivity index (χ1) is 9.95. The molecule has 6 nitrogen and oxygen atoms in total. The molecule has 0 spiro atoms. The average molecular weight is 312 g/mol. The van der Waals surface area contributed by atoms with Gasteiger partial charge in [0.05, 0.1) is 11.1 Å². The third-order valence-electron chi connectivity index (χ3n) is 3.57. The number of amides is 1. The van der Waals surface area contributed by atoms with Gasteiger partial charge in [-0.2, -0.15) is 5.10 Å².